The maximum atomic E-state index is 12.9. The van der Waals surface area contributed by atoms with E-state index < -0.39 is 0 Å². The Morgan fingerprint density at radius 3 is 2.60 bits per heavy atom. The lowest BCUT2D eigenvalue weighted by Crippen LogP contribution is -2.40. The molecular formula is C17H24BrNO. The first-order chi connectivity index (χ1) is 9.54. The van der Waals surface area contributed by atoms with Gasteiger partial charge >= 0.3 is 0 Å². The number of amides is 1. The molecule has 2 nitrogen and oxygen atoms in total. The van der Waals surface area contributed by atoms with Gasteiger partial charge in [-0.1, -0.05) is 66.5 Å². The molecule has 0 heterocycles. The number of hydrogen-bond donors (Lipinski definition) is 0. The number of rotatable bonds is 5. The second-order valence-corrected chi connectivity index (χ2v) is 7.16. The lowest BCUT2D eigenvalue weighted by Gasteiger charge is -2.32. The molecule has 0 aliphatic heterocycles. The Kier molecular flexibility index (Phi) is 5.25. The van der Waals surface area contributed by atoms with Crippen LogP contribution >= 0.6 is 15.9 Å². The molecule has 1 aliphatic carbocycles. The summed E-state index contributed by atoms with van der Waals surface area (Å²) >= 11 is 3.47. The first-order valence-corrected chi connectivity index (χ1v) is 8.55. The van der Waals surface area contributed by atoms with Crippen LogP contribution < -0.4 is 0 Å². The maximum Gasteiger partial charge on any atom is 0.226 e. The molecule has 0 bridgehead atoms. The number of nitrogens with zero attached hydrogens (tertiary/aromatic N) is 1. The molecule has 1 aromatic rings. The van der Waals surface area contributed by atoms with Gasteiger partial charge in [0, 0.05) is 24.3 Å². The van der Waals surface area contributed by atoms with Crippen LogP contribution in [-0.4, -0.2) is 22.7 Å². The number of carbonyl (C=O) groups is 1. The number of benzene rings is 1. The van der Waals surface area contributed by atoms with Crippen molar-refractivity contribution in [2.24, 2.45) is 11.3 Å². The van der Waals surface area contributed by atoms with Gasteiger partial charge < -0.3 is 4.90 Å². The van der Waals surface area contributed by atoms with Crippen molar-refractivity contribution < 1.29 is 4.79 Å². The number of halogens is 1. The van der Waals surface area contributed by atoms with Crippen LogP contribution in [0.25, 0.3) is 0 Å². The zero-order valence-corrected chi connectivity index (χ0v) is 14.0. The summed E-state index contributed by atoms with van der Waals surface area (Å²) < 4.78 is 0. The smallest absolute Gasteiger partial charge is 0.226 e. The molecule has 1 saturated carbocycles. The second kappa shape index (κ2) is 6.75. The monoisotopic (exact) mass is 337 g/mol. The fourth-order valence-corrected chi connectivity index (χ4v) is 3.61. The molecule has 1 atom stereocenters. The predicted octanol–water partition coefficient (Wildman–Crippen LogP) is 4.24. The number of hydrogen-bond acceptors (Lipinski definition) is 1. The standard InChI is InChI=1S/C17H24BrNO/c1-17(2)10-6-9-15(17)16(20)19(12-11-18)13-14-7-4-3-5-8-14/h3-5,7-8,15H,6,9-13H2,1-2H3. The summed E-state index contributed by atoms with van der Waals surface area (Å²) in [6.45, 7) is 5.97. The van der Waals surface area contributed by atoms with Gasteiger partial charge in [-0.05, 0) is 23.8 Å². The number of alkyl halides is 1. The minimum Gasteiger partial charge on any atom is -0.337 e. The Morgan fingerprint density at radius 2 is 2.05 bits per heavy atom. The highest BCUT2D eigenvalue weighted by Crippen LogP contribution is 2.43. The van der Waals surface area contributed by atoms with Crippen LogP contribution in [0.4, 0.5) is 0 Å². The van der Waals surface area contributed by atoms with Crippen molar-refractivity contribution in [1.29, 1.82) is 0 Å². The van der Waals surface area contributed by atoms with Crippen molar-refractivity contribution in [2.75, 3.05) is 11.9 Å². The van der Waals surface area contributed by atoms with Crippen LogP contribution in [0.3, 0.4) is 0 Å². The van der Waals surface area contributed by atoms with Gasteiger partial charge in [0.15, 0.2) is 0 Å². The van der Waals surface area contributed by atoms with Gasteiger partial charge in [0.1, 0.15) is 0 Å². The molecule has 20 heavy (non-hydrogen) atoms. The summed E-state index contributed by atoms with van der Waals surface area (Å²) in [7, 11) is 0. The molecule has 1 unspecified atom stereocenters. The van der Waals surface area contributed by atoms with E-state index in [4.69, 9.17) is 0 Å². The fraction of sp³-hybridized carbons (Fsp3) is 0.588. The van der Waals surface area contributed by atoms with Gasteiger partial charge in [0.2, 0.25) is 5.91 Å². The van der Waals surface area contributed by atoms with Crippen LogP contribution in [0.1, 0.15) is 38.7 Å². The SMILES string of the molecule is CC1(C)CCCC1C(=O)N(CCBr)Cc1ccccc1. The lowest BCUT2D eigenvalue weighted by atomic mass is 9.81. The Balaban J connectivity index is 2.10. The third-order valence-corrected chi connectivity index (χ3v) is 4.79. The van der Waals surface area contributed by atoms with Gasteiger partial charge in [0.05, 0.1) is 0 Å². The van der Waals surface area contributed by atoms with Crippen molar-refractivity contribution in [3.8, 4) is 0 Å². The molecule has 1 aromatic carbocycles. The molecule has 1 fully saturated rings. The number of carbonyl (C=O) groups excluding carboxylic acids is 1. The summed E-state index contributed by atoms with van der Waals surface area (Å²) in [5.41, 5.74) is 1.36. The van der Waals surface area contributed by atoms with E-state index >= 15 is 0 Å². The van der Waals surface area contributed by atoms with E-state index in [0.29, 0.717) is 5.91 Å². The van der Waals surface area contributed by atoms with Crippen LogP contribution in [-0.2, 0) is 11.3 Å². The first-order valence-electron chi connectivity index (χ1n) is 7.43. The van der Waals surface area contributed by atoms with E-state index in [1.807, 2.05) is 23.1 Å². The molecule has 1 aliphatic rings. The molecular weight excluding hydrogens is 314 g/mol. The predicted molar refractivity (Wildman–Crippen MR) is 86.8 cm³/mol. The van der Waals surface area contributed by atoms with E-state index in [9.17, 15) is 4.79 Å². The van der Waals surface area contributed by atoms with Gasteiger partial charge in [-0.3, -0.25) is 4.79 Å². The quantitative estimate of drug-likeness (QED) is 0.736. The third-order valence-electron chi connectivity index (χ3n) is 4.44. The highest BCUT2D eigenvalue weighted by Gasteiger charge is 2.40. The summed E-state index contributed by atoms with van der Waals surface area (Å²) in [4.78, 5) is 14.9. The Bertz CT molecular complexity index is 444. The van der Waals surface area contributed by atoms with Crippen molar-refractivity contribution in [3.63, 3.8) is 0 Å². The molecule has 0 spiro atoms. The third kappa shape index (κ3) is 3.63. The van der Waals surface area contributed by atoms with Crippen LogP contribution in [0, 0.1) is 11.3 Å². The summed E-state index contributed by atoms with van der Waals surface area (Å²) in [6.07, 6.45) is 3.38. The second-order valence-electron chi connectivity index (χ2n) is 6.37. The molecule has 0 radical (unpaired) electrons. The first kappa shape index (κ1) is 15.6. The summed E-state index contributed by atoms with van der Waals surface area (Å²) in [5.74, 6) is 0.515. The van der Waals surface area contributed by atoms with E-state index in [-0.39, 0.29) is 11.3 Å². The average Bonchev–Trinajstić information content (AvgIpc) is 2.78. The highest BCUT2D eigenvalue weighted by molar-refractivity contribution is 9.09. The summed E-state index contributed by atoms with van der Waals surface area (Å²) in [5, 5.41) is 0.832. The fourth-order valence-electron chi connectivity index (χ4n) is 3.18. The van der Waals surface area contributed by atoms with Gasteiger partial charge in [-0.15, -0.1) is 0 Å². The molecule has 1 amide bonds. The van der Waals surface area contributed by atoms with Crippen LogP contribution in [0.15, 0.2) is 30.3 Å². The molecule has 0 saturated heterocycles. The van der Waals surface area contributed by atoms with E-state index in [2.05, 4.69) is 41.9 Å². The summed E-state index contributed by atoms with van der Waals surface area (Å²) in [6, 6.07) is 10.3. The minimum absolute atomic E-state index is 0.151. The van der Waals surface area contributed by atoms with Crippen molar-refractivity contribution in [1.82, 2.24) is 4.90 Å². The van der Waals surface area contributed by atoms with Crippen LogP contribution in [0.5, 0.6) is 0 Å². The molecule has 0 aromatic heterocycles. The molecule has 3 heteroatoms. The molecule has 110 valence electrons. The normalized spacial score (nSPS) is 20.9. The highest BCUT2D eigenvalue weighted by atomic mass is 79.9. The van der Waals surface area contributed by atoms with Gasteiger partial charge in [0.25, 0.3) is 0 Å². The van der Waals surface area contributed by atoms with Crippen molar-refractivity contribution >= 4 is 21.8 Å². The van der Waals surface area contributed by atoms with E-state index in [0.717, 1.165) is 31.3 Å². The van der Waals surface area contributed by atoms with Crippen molar-refractivity contribution in [2.45, 2.75) is 39.7 Å². The zero-order valence-electron chi connectivity index (χ0n) is 12.4. The Labute approximate surface area is 130 Å². The maximum absolute atomic E-state index is 12.9. The lowest BCUT2D eigenvalue weighted by molar-refractivity contribution is -0.138. The minimum atomic E-state index is 0.151. The largest absolute Gasteiger partial charge is 0.337 e. The Hall–Kier alpha value is -0.830. The Morgan fingerprint density at radius 1 is 1.35 bits per heavy atom. The average molecular weight is 338 g/mol. The van der Waals surface area contributed by atoms with E-state index in [1.54, 1.807) is 0 Å². The zero-order chi connectivity index (χ0) is 14.6. The van der Waals surface area contributed by atoms with E-state index in [1.165, 1.54) is 12.0 Å². The van der Waals surface area contributed by atoms with Gasteiger partial charge in [-0.2, -0.15) is 0 Å². The van der Waals surface area contributed by atoms with Crippen molar-refractivity contribution in [3.05, 3.63) is 35.9 Å². The molecule has 2 rings (SSSR count). The van der Waals surface area contributed by atoms with Crippen LogP contribution in [0.2, 0.25) is 0 Å². The van der Waals surface area contributed by atoms with Gasteiger partial charge in [-0.25, -0.2) is 0 Å². The molecule has 0 N–H and O–H groups in total. The topological polar surface area (TPSA) is 20.3 Å².